The lowest BCUT2D eigenvalue weighted by molar-refractivity contribution is 0.0343. The number of nitrogens with one attached hydrogen (secondary N) is 1. The SMILES string of the molecule is COC(C)(C)CNc1cccc(Cl)c1C(=O)O. The molecule has 0 amide bonds. The molecule has 0 aromatic heterocycles. The minimum atomic E-state index is -1.05. The van der Waals surface area contributed by atoms with Crippen LogP contribution in [0.15, 0.2) is 18.2 Å². The molecule has 0 unspecified atom stereocenters. The first-order valence-electron chi connectivity index (χ1n) is 5.18. The molecule has 0 radical (unpaired) electrons. The Balaban J connectivity index is 2.92. The Morgan fingerprint density at radius 3 is 2.71 bits per heavy atom. The lowest BCUT2D eigenvalue weighted by Gasteiger charge is -2.24. The molecule has 0 fully saturated rings. The molecule has 1 aromatic carbocycles. The Labute approximate surface area is 106 Å². The fraction of sp³-hybridized carbons (Fsp3) is 0.417. The minimum Gasteiger partial charge on any atom is -0.478 e. The summed E-state index contributed by atoms with van der Waals surface area (Å²) in [5.41, 5.74) is 0.203. The summed E-state index contributed by atoms with van der Waals surface area (Å²) in [6, 6.07) is 4.94. The zero-order valence-electron chi connectivity index (χ0n) is 10.1. The number of carboxylic acids is 1. The molecule has 0 saturated carbocycles. The van der Waals surface area contributed by atoms with E-state index in [1.807, 2.05) is 13.8 Å². The normalized spacial score (nSPS) is 11.3. The van der Waals surface area contributed by atoms with Crippen LogP contribution in [0.5, 0.6) is 0 Å². The standard InChI is InChI=1S/C12H16ClNO3/c1-12(2,17-3)7-14-9-6-4-5-8(13)10(9)11(15)16/h4-6,14H,7H2,1-3H3,(H,15,16). The van der Waals surface area contributed by atoms with Crippen LogP contribution >= 0.6 is 11.6 Å². The van der Waals surface area contributed by atoms with Crippen LogP contribution < -0.4 is 5.32 Å². The summed E-state index contributed by atoms with van der Waals surface area (Å²) in [4.78, 5) is 11.1. The summed E-state index contributed by atoms with van der Waals surface area (Å²) in [6.45, 7) is 4.31. The van der Waals surface area contributed by atoms with E-state index < -0.39 is 5.97 Å². The second-order valence-corrected chi connectivity index (χ2v) is 4.69. The zero-order chi connectivity index (χ0) is 13.1. The van der Waals surface area contributed by atoms with Crippen LogP contribution in [0.1, 0.15) is 24.2 Å². The van der Waals surface area contributed by atoms with Crippen LogP contribution in [0.2, 0.25) is 5.02 Å². The van der Waals surface area contributed by atoms with E-state index in [2.05, 4.69) is 5.32 Å². The summed E-state index contributed by atoms with van der Waals surface area (Å²) >= 11 is 5.86. The summed E-state index contributed by atoms with van der Waals surface area (Å²) in [5, 5.41) is 12.3. The molecule has 1 rings (SSSR count). The maximum Gasteiger partial charge on any atom is 0.339 e. The summed E-state index contributed by atoms with van der Waals surface area (Å²) in [7, 11) is 1.61. The third-order valence-corrected chi connectivity index (χ3v) is 2.80. The fourth-order valence-electron chi connectivity index (χ4n) is 1.27. The molecular weight excluding hydrogens is 242 g/mol. The quantitative estimate of drug-likeness (QED) is 0.852. The van der Waals surface area contributed by atoms with Gasteiger partial charge in [0.05, 0.1) is 16.3 Å². The van der Waals surface area contributed by atoms with Gasteiger partial charge < -0.3 is 15.2 Å². The molecule has 0 heterocycles. The Hall–Kier alpha value is -1.26. The van der Waals surface area contributed by atoms with Crippen LogP contribution in [0.25, 0.3) is 0 Å². The first-order chi connectivity index (χ1) is 7.87. The van der Waals surface area contributed by atoms with Crippen LogP contribution in [0.4, 0.5) is 5.69 Å². The number of aromatic carboxylic acids is 1. The van der Waals surface area contributed by atoms with Gasteiger partial charge in [0, 0.05) is 13.7 Å². The fourth-order valence-corrected chi connectivity index (χ4v) is 1.52. The van der Waals surface area contributed by atoms with Crippen molar-refractivity contribution in [3.05, 3.63) is 28.8 Å². The van der Waals surface area contributed by atoms with Crippen molar-refractivity contribution in [3.63, 3.8) is 0 Å². The van der Waals surface area contributed by atoms with Gasteiger partial charge in [0.15, 0.2) is 0 Å². The predicted octanol–water partition coefficient (Wildman–Crippen LogP) is 2.88. The maximum absolute atomic E-state index is 11.1. The van der Waals surface area contributed by atoms with Crippen molar-refractivity contribution in [2.75, 3.05) is 19.0 Å². The van der Waals surface area contributed by atoms with Crippen molar-refractivity contribution < 1.29 is 14.6 Å². The Bertz CT molecular complexity index is 418. The van der Waals surface area contributed by atoms with Gasteiger partial charge in [0.2, 0.25) is 0 Å². The molecule has 4 nitrogen and oxygen atoms in total. The predicted molar refractivity (Wildman–Crippen MR) is 68.0 cm³/mol. The van der Waals surface area contributed by atoms with E-state index in [4.69, 9.17) is 21.4 Å². The molecule has 5 heteroatoms. The van der Waals surface area contributed by atoms with Crippen molar-refractivity contribution in [2.45, 2.75) is 19.4 Å². The molecule has 0 saturated heterocycles. The third-order valence-electron chi connectivity index (χ3n) is 2.48. The Kier molecular flexibility index (Phi) is 4.37. The average molecular weight is 258 g/mol. The smallest absolute Gasteiger partial charge is 0.339 e. The van der Waals surface area contributed by atoms with E-state index in [0.717, 1.165) is 0 Å². The van der Waals surface area contributed by atoms with Crippen LogP contribution in [0, 0.1) is 0 Å². The van der Waals surface area contributed by atoms with E-state index in [1.165, 1.54) is 0 Å². The van der Waals surface area contributed by atoms with Gasteiger partial charge in [-0.1, -0.05) is 17.7 Å². The van der Waals surface area contributed by atoms with E-state index in [9.17, 15) is 4.79 Å². The molecule has 94 valence electrons. The summed E-state index contributed by atoms with van der Waals surface area (Å²) in [5.74, 6) is -1.05. The highest BCUT2D eigenvalue weighted by Crippen LogP contribution is 2.25. The summed E-state index contributed by atoms with van der Waals surface area (Å²) in [6.07, 6.45) is 0. The monoisotopic (exact) mass is 257 g/mol. The van der Waals surface area contributed by atoms with Gasteiger partial charge in [-0.25, -0.2) is 4.79 Å². The van der Waals surface area contributed by atoms with Gasteiger partial charge in [-0.05, 0) is 26.0 Å². The third kappa shape index (κ3) is 3.61. The lowest BCUT2D eigenvalue weighted by atomic mass is 10.1. The van der Waals surface area contributed by atoms with Crippen LogP contribution in [-0.2, 0) is 4.74 Å². The average Bonchev–Trinajstić information content (AvgIpc) is 2.26. The topological polar surface area (TPSA) is 58.6 Å². The maximum atomic E-state index is 11.1. The van der Waals surface area contributed by atoms with Crippen molar-refractivity contribution in [1.82, 2.24) is 0 Å². The van der Waals surface area contributed by atoms with Crippen molar-refractivity contribution in [1.29, 1.82) is 0 Å². The number of carboxylic acid groups (broad SMARTS) is 1. The first kappa shape index (κ1) is 13.8. The molecule has 0 bridgehead atoms. The second kappa shape index (κ2) is 5.38. The molecule has 2 N–H and O–H groups in total. The number of rotatable bonds is 5. The molecule has 17 heavy (non-hydrogen) atoms. The number of ether oxygens (including phenoxy) is 1. The van der Waals surface area contributed by atoms with Crippen LogP contribution in [0.3, 0.4) is 0 Å². The van der Waals surface area contributed by atoms with Gasteiger partial charge in [-0.2, -0.15) is 0 Å². The molecule has 0 aliphatic rings. The number of hydrogen-bond acceptors (Lipinski definition) is 3. The van der Waals surface area contributed by atoms with Crippen LogP contribution in [-0.4, -0.2) is 30.3 Å². The number of carbonyl (C=O) groups is 1. The van der Waals surface area contributed by atoms with E-state index >= 15 is 0 Å². The first-order valence-corrected chi connectivity index (χ1v) is 5.56. The van der Waals surface area contributed by atoms with Gasteiger partial charge in [0.25, 0.3) is 0 Å². The zero-order valence-corrected chi connectivity index (χ0v) is 10.8. The summed E-state index contributed by atoms with van der Waals surface area (Å²) < 4.78 is 5.25. The van der Waals surface area contributed by atoms with Gasteiger partial charge >= 0.3 is 5.97 Å². The largest absolute Gasteiger partial charge is 0.478 e. The number of methoxy groups -OCH3 is 1. The number of anilines is 1. The molecule has 0 spiro atoms. The highest BCUT2D eigenvalue weighted by molar-refractivity contribution is 6.34. The number of halogens is 1. The lowest BCUT2D eigenvalue weighted by Crippen LogP contribution is -2.32. The number of hydrogen-bond donors (Lipinski definition) is 2. The van der Waals surface area contributed by atoms with Gasteiger partial charge in [0.1, 0.15) is 5.56 Å². The molecule has 0 aliphatic carbocycles. The van der Waals surface area contributed by atoms with Crippen molar-refractivity contribution in [2.24, 2.45) is 0 Å². The van der Waals surface area contributed by atoms with E-state index in [1.54, 1.807) is 25.3 Å². The van der Waals surface area contributed by atoms with E-state index in [-0.39, 0.29) is 16.2 Å². The highest BCUT2D eigenvalue weighted by atomic mass is 35.5. The molecule has 0 atom stereocenters. The van der Waals surface area contributed by atoms with Crippen molar-refractivity contribution in [3.8, 4) is 0 Å². The number of benzene rings is 1. The Morgan fingerprint density at radius 1 is 1.53 bits per heavy atom. The van der Waals surface area contributed by atoms with Crippen molar-refractivity contribution >= 4 is 23.3 Å². The molecular formula is C12H16ClNO3. The molecule has 0 aliphatic heterocycles. The molecule has 1 aromatic rings. The highest BCUT2D eigenvalue weighted by Gasteiger charge is 2.19. The van der Waals surface area contributed by atoms with Gasteiger partial charge in [-0.15, -0.1) is 0 Å². The minimum absolute atomic E-state index is 0.0843. The Morgan fingerprint density at radius 2 is 2.18 bits per heavy atom. The van der Waals surface area contributed by atoms with Gasteiger partial charge in [-0.3, -0.25) is 0 Å². The van der Waals surface area contributed by atoms with E-state index in [0.29, 0.717) is 12.2 Å². The second-order valence-electron chi connectivity index (χ2n) is 4.28.